The zero-order valence-electron chi connectivity index (χ0n) is 15.2. The number of fused-ring (bicyclic) bond motifs is 1. The quantitative estimate of drug-likeness (QED) is 0.393. The first-order valence-corrected chi connectivity index (χ1v) is 10.7. The largest absolute Gasteiger partial charge is 0.431 e. The molecule has 0 N–H and O–H groups in total. The number of carbonyl (C=O) groups excluding carboxylic acids is 1. The third-order valence-electron chi connectivity index (χ3n) is 3.96. The zero-order chi connectivity index (χ0) is 19.3. The van der Waals surface area contributed by atoms with Crippen molar-refractivity contribution in [3.05, 3.63) is 47.7 Å². The number of rotatable bonds is 8. The number of thiophene rings is 1. The number of amides is 1. The molecular formula is C19H18N4O3S2. The number of thioether (sulfide) groups is 1. The average molecular weight is 415 g/mol. The van der Waals surface area contributed by atoms with Crippen LogP contribution in [-0.4, -0.2) is 38.3 Å². The monoisotopic (exact) mass is 414 g/mol. The van der Waals surface area contributed by atoms with E-state index in [4.69, 9.17) is 8.83 Å². The van der Waals surface area contributed by atoms with Gasteiger partial charge in [-0.3, -0.25) is 4.79 Å². The molecule has 0 aliphatic carbocycles. The summed E-state index contributed by atoms with van der Waals surface area (Å²) in [5, 5.41) is 10.6. The Morgan fingerprint density at radius 2 is 2.07 bits per heavy atom. The van der Waals surface area contributed by atoms with E-state index in [1.54, 1.807) is 4.90 Å². The minimum Gasteiger partial charge on any atom is -0.431 e. The van der Waals surface area contributed by atoms with Gasteiger partial charge in [0, 0.05) is 6.54 Å². The van der Waals surface area contributed by atoms with Crippen LogP contribution in [0.5, 0.6) is 0 Å². The van der Waals surface area contributed by atoms with Gasteiger partial charge < -0.3 is 13.7 Å². The summed E-state index contributed by atoms with van der Waals surface area (Å²) in [5.74, 6) is 1.12. The highest BCUT2D eigenvalue weighted by molar-refractivity contribution is 7.99. The molecule has 1 aromatic carbocycles. The third kappa shape index (κ3) is 4.26. The number of benzene rings is 1. The highest BCUT2D eigenvalue weighted by Gasteiger charge is 2.19. The van der Waals surface area contributed by atoms with Crippen molar-refractivity contribution in [2.75, 3.05) is 12.3 Å². The molecule has 0 saturated carbocycles. The lowest BCUT2D eigenvalue weighted by Gasteiger charge is -2.19. The number of hydrogen-bond acceptors (Lipinski definition) is 8. The first-order valence-electron chi connectivity index (χ1n) is 8.85. The molecule has 144 valence electrons. The molecule has 0 fully saturated rings. The van der Waals surface area contributed by atoms with Gasteiger partial charge in [0.05, 0.1) is 17.2 Å². The molecule has 0 aliphatic rings. The second-order valence-electron chi connectivity index (χ2n) is 6.03. The molecule has 3 heterocycles. The highest BCUT2D eigenvalue weighted by atomic mass is 32.2. The molecule has 0 atom stereocenters. The first kappa shape index (κ1) is 18.7. The highest BCUT2D eigenvalue weighted by Crippen LogP contribution is 2.25. The predicted octanol–water partition coefficient (Wildman–Crippen LogP) is 4.47. The molecule has 0 aliphatic heterocycles. The number of oxazole rings is 1. The maximum atomic E-state index is 12.7. The van der Waals surface area contributed by atoms with Crippen LogP contribution in [-0.2, 0) is 11.3 Å². The Morgan fingerprint density at radius 1 is 1.18 bits per heavy atom. The molecular weight excluding hydrogens is 396 g/mol. The lowest BCUT2D eigenvalue weighted by Crippen LogP contribution is -2.32. The topological polar surface area (TPSA) is 85.3 Å². The van der Waals surface area contributed by atoms with Gasteiger partial charge in [-0.05, 0) is 30.0 Å². The van der Waals surface area contributed by atoms with Crippen molar-refractivity contribution in [1.82, 2.24) is 20.1 Å². The molecule has 4 aromatic rings. The van der Waals surface area contributed by atoms with Crippen LogP contribution in [0.2, 0.25) is 0 Å². The smallest absolute Gasteiger partial charge is 0.257 e. The van der Waals surface area contributed by atoms with Gasteiger partial charge in [-0.2, -0.15) is 0 Å². The lowest BCUT2D eigenvalue weighted by molar-refractivity contribution is -0.129. The second kappa shape index (κ2) is 8.57. The number of nitrogens with zero attached hydrogens (tertiary/aromatic N) is 4. The standard InChI is InChI=1S/C19H18N4O3S2/c1-2-9-23(11-16-21-22-18(26-16)15-8-5-10-27-15)17(24)12-28-19-20-13-6-3-4-7-14(13)25-19/h3-8,10H,2,9,11-12H2,1H3. The van der Waals surface area contributed by atoms with E-state index in [-0.39, 0.29) is 11.7 Å². The van der Waals surface area contributed by atoms with Crippen LogP contribution in [0.4, 0.5) is 0 Å². The normalized spacial score (nSPS) is 11.2. The lowest BCUT2D eigenvalue weighted by atomic mass is 10.3. The van der Waals surface area contributed by atoms with Crippen LogP contribution in [0, 0.1) is 0 Å². The van der Waals surface area contributed by atoms with Gasteiger partial charge in [0.2, 0.25) is 11.8 Å². The molecule has 7 nitrogen and oxygen atoms in total. The Labute approximate surface area is 169 Å². The van der Waals surface area contributed by atoms with E-state index < -0.39 is 0 Å². The molecule has 4 rings (SSSR count). The number of hydrogen-bond donors (Lipinski definition) is 0. The molecule has 28 heavy (non-hydrogen) atoms. The molecule has 3 aromatic heterocycles. The third-order valence-corrected chi connectivity index (χ3v) is 5.64. The van der Waals surface area contributed by atoms with Crippen LogP contribution < -0.4 is 0 Å². The van der Waals surface area contributed by atoms with Gasteiger partial charge in [-0.15, -0.1) is 21.5 Å². The van der Waals surface area contributed by atoms with Crippen molar-refractivity contribution in [1.29, 1.82) is 0 Å². The van der Waals surface area contributed by atoms with Gasteiger partial charge in [-0.25, -0.2) is 4.98 Å². The summed E-state index contributed by atoms with van der Waals surface area (Å²) in [4.78, 5) is 19.7. The summed E-state index contributed by atoms with van der Waals surface area (Å²) in [6.07, 6.45) is 0.839. The molecule has 9 heteroatoms. The van der Waals surface area contributed by atoms with Crippen LogP contribution in [0.3, 0.4) is 0 Å². The summed E-state index contributed by atoms with van der Waals surface area (Å²) in [7, 11) is 0. The van der Waals surface area contributed by atoms with Crippen molar-refractivity contribution < 1.29 is 13.6 Å². The maximum Gasteiger partial charge on any atom is 0.257 e. The van der Waals surface area contributed by atoms with Gasteiger partial charge in [-0.1, -0.05) is 36.9 Å². The fourth-order valence-electron chi connectivity index (χ4n) is 2.67. The molecule has 0 spiro atoms. The summed E-state index contributed by atoms with van der Waals surface area (Å²) in [6, 6.07) is 11.4. The van der Waals surface area contributed by atoms with E-state index >= 15 is 0 Å². The molecule has 0 unspecified atom stereocenters. The van der Waals surface area contributed by atoms with E-state index in [1.807, 2.05) is 48.7 Å². The SMILES string of the molecule is CCCN(Cc1nnc(-c2cccs2)o1)C(=O)CSc1nc2ccccc2o1. The number of aromatic nitrogens is 3. The van der Waals surface area contributed by atoms with E-state index in [9.17, 15) is 4.79 Å². The minimum absolute atomic E-state index is 0.0232. The van der Waals surface area contributed by atoms with Gasteiger partial charge in [0.1, 0.15) is 5.52 Å². The van der Waals surface area contributed by atoms with Gasteiger partial charge in [0.15, 0.2) is 5.58 Å². The van der Waals surface area contributed by atoms with Gasteiger partial charge >= 0.3 is 0 Å². The summed E-state index contributed by atoms with van der Waals surface area (Å²) in [6.45, 7) is 2.93. The van der Waals surface area contributed by atoms with Crippen LogP contribution in [0.1, 0.15) is 19.2 Å². The number of para-hydroxylation sites is 2. The average Bonchev–Trinajstić information content (AvgIpc) is 3.45. The molecule has 0 radical (unpaired) electrons. The van der Waals surface area contributed by atoms with E-state index in [0.29, 0.717) is 30.1 Å². The molecule has 0 saturated heterocycles. The molecule has 0 bridgehead atoms. The van der Waals surface area contributed by atoms with E-state index in [0.717, 1.165) is 22.4 Å². The van der Waals surface area contributed by atoms with Crippen LogP contribution in [0.25, 0.3) is 21.9 Å². The molecule has 1 amide bonds. The minimum atomic E-state index is -0.0232. The van der Waals surface area contributed by atoms with Crippen molar-refractivity contribution in [2.24, 2.45) is 0 Å². The van der Waals surface area contributed by atoms with Gasteiger partial charge in [0.25, 0.3) is 11.1 Å². The Morgan fingerprint density at radius 3 is 2.86 bits per heavy atom. The fourth-order valence-corrected chi connectivity index (χ4v) is 4.06. The maximum absolute atomic E-state index is 12.7. The van der Waals surface area contributed by atoms with Crippen LogP contribution in [0.15, 0.2) is 55.8 Å². The fraction of sp³-hybridized carbons (Fsp3) is 0.263. The van der Waals surface area contributed by atoms with Crippen molar-refractivity contribution in [2.45, 2.75) is 25.1 Å². The Hall–Kier alpha value is -2.65. The first-order chi connectivity index (χ1) is 13.7. The second-order valence-corrected chi connectivity index (χ2v) is 7.90. The Balaban J connectivity index is 1.39. The van der Waals surface area contributed by atoms with Crippen molar-refractivity contribution in [3.63, 3.8) is 0 Å². The summed E-state index contributed by atoms with van der Waals surface area (Å²) in [5.41, 5.74) is 1.50. The summed E-state index contributed by atoms with van der Waals surface area (Å²) >= 11 is 2.82. The van der Waals surface area contributed by atoms with Crippen LogP contribution >= 0.6 is 23.1 Å². The van der Waals surface area contributed by atoms with E-state index in [1.165, 1.54) is 23.1 Å². The number of carbonyl (C=O) groups is 1. The van der Waals surface area contributed by atoms with Crippen molar-refractivity contribution >= 4 is 40.1 Å². The summed E-state index contributed by atoms with van der Waals surface area (Å²) < 4.78 is 11.4. The van der Waals surface area contributed by atoms with Crippen molar-refractivity contribution in [3.8, 4) is 10.8 Å². The predicted molar refractivity (Wildman–Crippen MR) is 108 cm³/mol. The Kier molecular flexibility index (Phi) is 5.73. The zero-order valence-corrected chi connectivity index (χ0v) is 16.8. The van der Waals surface area contributed by atoms with E-state index in [2.05, 4.69) is 15.2 Å². The Bertz CT molecular complexity index is 1030.